The van der Waals surface area contributed by atoms with E-state index in [-0.39, 0.29) is 13.0 Å². The van der Waals surface area contributed by atoms with Crippen molar-refractivity contribution in [3.05, 3.63) is 0 Å². The molecule has 7 heteroatoms. The van der Waals surface area contributed by atoms with Crippen molar-refractivity contribution in [2.75, 3.05) is 59.4 Å². The van der Waals surface area contributed by atoms with Crippen LogP contribution in [-0.2, 0) is 23.7 Å². The molecule has 0 unspecified atom stereocenters. The third kappa shape index (κ3) is 15.4. The SMILES string of the molecule is NCCOCCOCCOCCOCCC(=O)F. The second-order valence-corrected chi connectivity index (χ2v) is 3.34. The van der Waals surface area contributed by atoms with Crippen LogP contribution in [0.4, 0.5) is 4.39 Å². The summed E-state index contributed by atoms with van der Waals surface area (Å²) >= 11 is 0. The fraction of sp³-hybridized carbons (Fsp3) is 0.909. The summed E-state index contributed by atoms with van der Waals surface area (Å²) in [6.45, 7) is 3.86. The van der Waals surface area contributed by atoms with Gasteiger partial charge in [0.2, 0.25) is 0 Å². The Labute approximate surface area is 107 Å². The molecule has 0 aliphatic heterocycles. The summed E-state index contributed by atoms with van der Waals surface area (Å²) in [5.74, 6) is 0. The van der Waals surface area contributed by atoms with E-state index in [9.17, 15) is 9.18 Å². The summed E-state index contributed by atoms with van der Waals surface area (Å²) in [5, 5.41) is 0. The number of hydrogen-bond acceptors (Lipinski definition) is 6. The Morgan fingerprint density at radius 1 is 0.778 bits per heavy atom. The lowest BCUT2D eigenvalue weighted by Crippen LogP contribution is -2.14. The number of nitrogens with two attached hydrogens (primary N) is 1. The normalized spacial score (nSPS) is 10.8. The zero-order chi connectivity index (χ0) is 13.5. The first-order valence-corrected chi connectivity index (χ1v) is 5.96. The minimum Gasteiger partial charge on any atom is -0.378 e. The van der Waals surface area contributed by atoms with Crippen molar-refractivity contribution in [2.24, 2.45) is 5.73 Å². The molecule has 0 amide bonds. The van der Waals surface area contributed by atoms with Gasteiger partial charge < -0.3 is 24.7 Å². The molecule has 0 radical (unpaired) electrons. The largest absolute Gasteiger partial charge is 0.378 e. The van der Waals surface area contributed by atoms with Crippen LogP contribution in [0.3, 0.4) is 0 Å². The van der Waals surface area contributed by atoms with E-state index in [2.05, 4.69) is 0 Å². The lowest BCUT2D eigenvalue weighted by atomic mass is 10.5. The predicted octanol–water partition coefficient (Wildman–Crippen LogP) is -0.102. The minimum atomic E-state index is -1.36. The molecule has 0 saturated carbocycles. The second kappa shape index (κ2) is 14.5. The van der Waals surface area contributed by atoms with E-state index in [1.54, 1.807) is 0 Å². The first-order chi connectivity index (χ1) is 8.77. The van der Waals surface area contributed by atoms with Gasteiger partial charge in [-0.25, -0.2) is 0 Å². The maximum Gasteiger partial charge on any atom is 0.303 e. The van der Waals surface area contributed by atoms with Gasteiger partial charge in [-0.1, -0.05) is 0 Å². The van der Waals surface area contributed by atoms with Gasteiger partial charge in [0.1, 0.15) is 0 Å². The Balaban J connectivity index is 2.92. The maximum atomic E-state index is 11.7. The molecule has 0 spiro atoms. The van der Waals surface area contributed by atoms with Crippen molar-refractivity contribution in [3.63, 3.8) is 0 Å². The third-order valence-electron chi connectivity index (χ3n) is 1.82. The first kappa shape index (κ1) is 17.4. The quantitative estimate of drug-likeness (QED) is 0.349. The van der Waals surface area contributed by atoms with E-state index in [4.69, 9.17) is 24.7 Å². The second-order valence-electron chi connectivity index (χ2n) is 3.34. The van der Waals surface area contributed by atoms with Gasteiger partial charge in [-0.05, 0) is 0 Å². The minimum absolute atomic E-state index is 0.0909. The highest BCUT2D eigenvalue weighted by Gasteiger charge is 1.97. The smallest absolute Gasteiger partial charge is 0.303 e. The molecular weight excluding hydrogens is 245 g/mol. The van der Waals surface area contributed by atoms with Crippen LogP contribution in [-0.4, -0.2) is 65.4 Å². The molecule has 0 atom stereocenters. The van der Waals surface area contributed by atoms with Crippen molar-refractivity contribution in [1.29, 1.82) is 0 Å². The molecule has 0 aromatic heterocycles. The molecule has 0 bridgehead atoms. The maximum absolute atomic E-state index is 11.7. The van der Waals surface area contributed by atoms with Gasteiger partial charge in [0.05, 0.1) is 59.3 Å². The molecule has 0 heterocycles. The topological polar surface area (TPSA) is 80.0 Å². The highest BCUT2D eigenvalue weighted by atomic mass is 19.1. The number of carbonyl (C=O) groups is 1. The number of rotatable bonds is 14. The van der Waals surface area contributed by atoms with Crippen molar-refractivity contribution < 1.29 is 28.1 Å². The average molecular weight is 267 g/mol. The van der Waals surface area contributed by atoms with Gasteiger partial charge in [0.25, 0.3) is 0 Å². The molecular formula is C11H22FNO5. The molecule has 108 valence electrons. The number of halogens is 1. The Bertz CT molecular complexity index is 194. The van der Waals surface area contributed by atoms with Crippen molar-refractivity contribution in [1.82, 2.24) is 0 Å². The van der Waals surface area contributed by atoms with Gasteiger partial charge in [0.15, 0.2) is 0 Å². The molecule has 6 nitrogen and oxygen atoms in total. The molecule has 0 rings (SSSR count). The summed E-state index contributed by atoms with van der Waals surface area (Å²) in [6, 6.07) is -1.36. The molecule has 0 fully saturated rings. The standard InChI is InChI=1S/C11H22FNO5/c12-11(14)1-3-15-5-7-17-9-10-18-8-6-16-4-2-13/h1-10,13H2. The summed E-state index contributed by atoms with van der Waals surface area (Å²) in [6.07, 6.45) is -0.202. The van der Waals surface area contributed by atoms with Gasteiger partial charge in [-0.3, -0.25) is 4.79 Å². The summed E-state index contributed by atoms with van der Waals surface area (Å²) in [5.41, 5.74) is 5.24. The molecule has 2 N–H and O–H groups in total. The molecule has 0 aliphatic carbocycles. The zero-order valence-electron chi connectivity index (χ0n) is 10.6. The lowest BCUT2D eigenvalue weighted by molar-refractivity contribution is -0.130. The van der Waals surface area contributed by atoms with E-state index >= 15 is 0 Å². The van der Waals surface area contributed by atoms with E-state index in [1.165, 1.54) is 0 Å². The Morgan fingerprint density at radius 3 is 1.56 bits per heavy atom. The molecule has 0 aromatic rings. The predicted molar refractivity (Wildman–Crippen MR) is 63.1 cm³/mol. The summed E-state index contributed by atoms with van der Waals surface area (Å²) in [4.78, 5) is 9.93. The lowest BCUT2D eigenvalue weighted by Gasteiger charge is -2.06. The van der Waals surface area contributed by atoms with Crippen LogP contribution in [0.25, 0.3) is 0 Å². The van der Waals surface area contributed by atoms with Gasteiger partial charge in [-0.15, -0.1) is 0 Å². The third-order valence-corrected chi connectivity index (χ3v) is 1.82. The van der Waals surface area contributed by atoms with E-state index in [0.717, 1.165) is 0 Å². The van der Waals surface area contributed by atoms with Crippen LogP contribution >= 0.6 is 0 Å². The number of carbonyl (C=O) groups excluding carboxylic acids is 1. The number of hydrogen-bond donors (Lipinski definition) is 1. The summed E-state index contributed by atoms with van der Waals surface area (Å²) in [7, 11) is 0. The molecule has 18 heavy (non-hydrogen) atoms. The first-order valence-electron chi connectivity index (χ1n) is 5.96. The summed E-state index contributed by atoms with van der Waals surface area (Å²) < 4.78 is 32.2. The van der Waals surface area contributed by atoms with Crippen LogP contribution in [0.2, 0.25) is 0 Å². The fourth-order valence-corrected chi connectivity index (χ4v) is 0.998. The monoisotopic (exact) mass is 267 g/mol. The Morgan fingerprint density at radius 2 is 1.17 bits per heavy atom. The Kier molecular flexibility index (Phi) is 14.0. The van der Waals surface area contributed by atoms with Crippen LogP contribution in [0.15, 0.2) is 0 Å². The van der Waals surface area contributed by atoms with Gasteiger partial charge in [-0.2, -0.15) is 4.39 Å². The highest BCUT2D eigenvalue weighted by molar-refractivity contribution is 5.67. The van der Waals surface area contributed by atoms with Crippen molar-refractivity contribution in [2.45, 2.75) is 6.42 Å². The van der Waals surface area contributed by atoms with Crippen molar-refractivity contribution in [3.8, 4) is 0 Å². The molecule has 0 saturated heterocycles. The average Bonchev–Trinajstić information content (AvgIpc) is 2.34. The van der Waals surface area contributed by atoms with Crippen LogP contribution in [0.1, 0.15) is 6.42 Å². The zero-order valence-corrected chi connectivity index (χ0v) is 10.6. The van der Waals surface area contributed by atoms with Crippen LogP contribution in [0, 0.1) is 0 Å². The molecule has 0 aliphatic rings. The van der Waals surface area contributed by atoms with Crippen LogP contribution < -0.4 is 5.73 Å². The Hall–Kier alpha value is -0.600. The number of ether oxygens (including phenoxy) is 4. The van der Waals surface area contributed by atoms with Gasteiger partial charge >= 0.3 is 6.04 Å². The van der Waals surface area contributed by atoms with Gasteiger partial charge in [0, 0.05) is 6.54 Å². The molecule has 0 aromatic carbocycles. The van der Waals surface area contributed by atoms with E-state index in [0.29, 0.717) is 52.8 Å². The van der Waals surface area contributed by atoms with E-state index in [1.807, 2.05) is 0 Å². The fourth-order valence-electron chi connectivity index (χ4n) is 0.998. The van der Waals surface area contributed by atoms with Crippen molar-refractivity contribution >= 4 is 6.04 Å². The van der Waals surface area contributed by atoms with Crippen LogP contribution in [0.5, 0.6) is 0 Å². The van der Waals surface area contributed by atoms with E-state index < -0.39 is 6.04 Å². The highest BCUT2D eigenvalue weighted by Crippen LogP contribution is 1.87.